The third kappa shape index (κ3) is 5.88. The highest BCUT2D eigenvalue weighted by Crippen LogP contribution is 2.47. The van der Waals surface area contributed by atoms with Gasteiger partial charge in [-0.1, -0.05) is 0 Å². The first-order valence-electron chi connectivity index (χ1n) is 9.37. The fourth-order valence-corrected chi connectivity index (χ4v) is 4.54. The van der Waals surface area contributed by atoms with Crippen molar-refractivity contribution in [3.8, 4) is 5.75 Å². The number of halogens is 1. The molecule has 1 aromatic rings. The number of fused-ring (bicyclic) bond motifs is 1. The van der Waals surface area contributed by atoms with Gasteiger partial charge < -0.3 is 24.4 Å². The molecule has 2 rings (SSSR count). The van der Waals surface area contributed by atoms with Gasteiger partial charge in [-0.05, 0) is 44.0 Å². The Kier molecular flexibility index (Phi) is 8.63. The van der Waals surface area contributed by atoms with Gasteiger partial charge in [-0.2, -0.15) is 0 Å². The van der Waals surface area contributed by atoms with Crippen molar-refractivity contribution < 1.29 is 27.5 Å². The van der Waals surface area contributed by atoms with Gasteiger partial charge in [0.15, 0.2) is 0 Å². The van der Waals surface area contributed by atoms with Gasteiger partial charge in [0.1, 0.15) is 12.4 Å². The van der Waals surface area contributed by atoms with Gasteiger partial charge in [0, 0.05) is 30.8 Å². The first-order valence-corrected chi connectivity index (χ1v) is 11.1. The molecule has 7 nitrogen and oxygen atoms in total. The topological polar surface area (TPSA) is 91.1 Å². The van der Waals surface area contributed by atoms with Gasteiger partial charge >= 0.3 is 7.60 Å². The Hall–Kier alpha value is -1.73. The van der Waals surface area contributed by atoms with Crippen molar-refractivity contribution in [2.75, 3.05) is 45.6 Å². The van der Waals surface area contributed by atoms with Crippen LogP contribution in [0.4, 0.5) is 4.39 Å². The lowest BCUT2D eigenvalue weighted by Crippen LogP contribution is -2.39. The minimum absolute atomic E-state index is 0.0655. The standard InChI is InChI=1S/C19H28FN2O5P/c1-3-26-28(24,27-4-2)10-9-22-8-7-16-11-17(5-6-18(16)19(22)23)25-14-15(12-20)13-21/h5-6,11-12H,3-4,7-10,13-14,21H2,1-2H3/b15-12-. The average molecular weight is 414 g/mol. The predicted molar refractivity (Wildman–Crippen MR) is 106 cm³/mol. The molecule has 0 unspecified atom stereocenters. The molecule has 2 N–H and O–H groups in total. The van der Waals surface area contributed by atoms with Crippen LogP contribution in [0.1, 0.15) is 29.8 Å². The van der Waals surface area contributed by atoms with E-state index < -0.39 is 7.60 Å². The zero-order valence-electron chi connectivity index (χ0n) is 16.4. The van der Waals surface area contributed by atoms with E-state index in [0.717, 1.165) is 5.56 Å². The molecule has 0 spiro atoms. The van der Waals surface area contributed by atoms with Crippen LogP contribution in [-0.4, -0.2) is 56.4 Å². The molecule has 1 heterocycles. The number of nitrogens with zero attached hydrogens (tertiary/aromatic N) is 1. The summed E-state index contributed by atoms with van der Waals surface area (Å²) in [5, 5.41) is 0. The van der Waals surface area contributed by atoms with Crippen LogP contribution >= 0.6 is 7.60 Å². The van der Waals surface area contributed by atoms with Crippen LogP contribution in [0, 0.1) is 0 Å². The van der Waals surface area contributed by atoms with E-state index in [1.807, 2.05) is 0 Å². The summed E-state index contributed by atoms with van der Waals surface area (Å²) in [4.78, 5) is 14.4. The number of amides is 1. The zero-order chi connectivity index (χ0) is 20.6. The van der Waals surface area contributed by atoms with Gasteiger partial charge in [0.25, 0.3) is 5.91 Å². The molecule has 0 aromatic heterocycles. The molecule has 1 aliphatic rings. The SMILES string of the molecule is CCOP(=O)(CCN1CCc2cc(OC/C(=C\F)CN)ccc2C1=O)OCC. The van der Waals surface area contributed by atoms with E-state index >= 15 is 0 Å². The Bertz CT molecular complexity index is 746. The first kappa shape index (κ1) is 22.6. The van der Waals surface area contributed by atoms with E-state index in [1.165, 1.54) is 0 Å². The van der Waals surface area contributed by atoms with Gasteiger partial charge in [-0.25, -0.2) is 4.39 Å². The fourth-order valence-electron chi connectivity index (χ4n) is 2.93. The van der Waals surface area contributed by atoms with Crippen molar-refractivity contribution in [1.29, 1.82) is 0 Å². The lowest BCUT2D eigenvalue weighted by Gasteiger charge is -2.30. The molecular formula is C19H28FN2O5P. The van der Waals surface area contributed by atoms with Gasteiger partial charge in [0.2, 0.25) is 0 Å². The van der Waals surface area contributed by atoms with Crippen molar-refractivity contribution in [3.63, 3.8) is 0 Å². The number of hydrogen-bond acceptors (Lipinski definition) is 6. The van der Waals surface area contributed by atoms with E-state index in [1.54, 1.807) is 36.9 Å². The molecule has 0 bridgehead atoms. The van der Waals surface area contributed by atoms with E-state index in [9.17, 15) is 13.8 Å². The quantitative estimate of drug-likeness (QED) is 0.560. The number of nitrogens with two attached hydrogens (primary N) is 1. The largest absolute Gasteiger partial charge is 0.489 e. The van der Waals surface area contributed by atoms with E-state index in [0.29, 0.717) is 55.9 Å². The molecule has 1 amide bonds. The molecule has 0 radical (unpaired) electrons. The third-order valence-electron chi connectivity index (χ3n) is 4.38. The molecule has 1 aromatic carbocycles. The number of rotatable bonds is 11. The van der Waals surface area contributed by atoms with Crippen LogP contribution < -0.4 is 10.5 Å². The highest BCUT2D eigenvalue weighted by atomic mass is 31.2. The summed E-state index contributed by atoms with van der Waals surface area (Å²) in [7, 11) is -3.19. The summed E-state index contributed by atoms with van der Waals surface area (Å²) < 4.78 is 41.3. The summed E-state index contributed by atoms with van der Waals surface area (Å²) in [6, 6.07) is 5.17. The first-order chi connectivity index (χ1) is 13.5. The summed E-state index contributed by atoms with van der Waals surface area (Å²) in [6.45, 7) is 5.06. The Morgan fingerprint density at radius 1 is 1.32 bits per heavy atom. The number of benzene rings is 1. The molecule has 9 heteroatoms. The summed E-state index contributed by atoms with van der Waals surface area (Å²) >= 11 is 0. The molecule has 0 saturated carbocycles. The Morgan fingerprint density at radius 2 is 2.04 bits per heavy atom. The maximum absolute atomic E-state index is 12.8. The van der Waals surface area contributed by atoms with Crippen molar-refractivity contribution in [2.24, 2.45) is 5.73 Å². The second-order valence-electron chi connectivity index (χ2n) is 6.29. The minimum Gasteiger partial charge on any atom is -0.489 e. The fraction of sp³-hybridized carbons (Fsp3) is 0.526. The monoisotopic (exact) mass is 414 g/mol. The van der Waals surface area contributed by atoms with Crippen LogP contribution in [-0.2, 0) is 20.0 Å². The molecule has 1 aliphatic heterocycles. The zero-order valence-corrected chi connectivity index (χ0v) is 17.3. The van der Waals surface area contributed by atoms with Gasteiger partial charge in [0.05, 0.1) is 25.7 Å². The van der Waals surface area contributed by atoms with Crippen LogP contribution in [0.3, 0.4) is 0 Å². The maximum atomic E-state index is 12.8. The van der Waals surface area contributed by atoms with Crippen LogP contribution in [0.25, 0.3) is 0 Å². The minimum atomic E-state index is -3.19. The Morgan fingerprint density at radius 3 is 2.64 bits per heavy atom. The van der Waals surface area contributed by atoms with Gasteiger partial charge in [-0.15, -0.1) is 0 Å². The van der Waals surface area contributed by atoms with E-state index in [-0.39, 0.29) is 25.2 Å². The molecule has 28 heavy (non-hydrogen) atoms. The molecular weight excluding hydrogens is 386 g/mol. The summed E-state index contributed by atoms with van der Waals surface area (Å²) in [5.41, 5.74) is 7.22. The second kappa shape index (κ2) is 10.7. The van der Waals surface area contributed by atoms with Crippen molar-refractivity contribution in [2.45, 2.75) is 20.3 Å². The lowest BCUT2D eigenvalue weighted by molar-refractivity contribution is 0.0747. The number of hydrogen-bond donors (Lipinski definition) is 1. The number of ether oxygens (including phenoxy) is 1. The van der Waals surface area contributed by atoms with Crippen molar-refractivity contribution >= 4 is 13.5 Å². The maximum Gasteiger partial charge on any atom is 0.332 e. The number of carbonyl (C=O) groups is 1. The Balaban J connectivity index is 2.01. The Labute approximate surface area is 165 Å². The van der Waals surface area contributed by atoms with Crippen molar-refractivity contribution in [3.05, 3.63) is 41.2 Å². The van der Waals surface area contributed by atoms with Crippen LogP contribution in [0.2, 0.25) is 0 Å². The normalized spacial score (nSPS) is 14.9. The molecule has 0 saturated heterocycles. The average Bonchev–Trinajstić information content (AvgIpc) is 2.68. The van der Waals surface area contributed by atoms with Crippen molar-refractivity contribution in [1.82, 2.24) is 4.90 Å². The summed E-state index contributed by atoms with van der Waals surface area (Å²) in [5.74, 6) is 0.434. The van der Waals surface area contributed by atoms with Crippen LogP contribution in [0.15, 0.2) is 30.1 Å². The van der Waals surface area contributed by atoms with Gasteiger partial charge in [-0.3, -0.25) is 9.36 Å². The molecule has 156 valence electrons. The van der Waals surface area contributed by atoms with E-state index in [2.05, 4.69) is 0 Å². The highest BCUT2D eigenvalue weighted by Gasteiger charge is 2.29. The second-order valence-corrected chi connectivity index (χ2v) is 8.48. The molecule has 0 fully saturated rings. The highest BCUT2D eigenvalue weighted by molar-refractivity contribution is 7.53. The molecule has 0 aliphatic carbocycles. The predicted octanol–water partition coefficient (Wildman–Crippen LogP) is 3.14. The van der Waals surface area contributed by atoms with E-state index in [4.69, 9.17) is 19.5 Å². The lowest BCUT2D eigenvalue weighted by atomic mass is 9.99. The van der Waals surface area contributed by atoms with Crippen LogP contribution in [0.5, 0.6) is 5.75 Å². The smallest absolute Gasteiger partial charge is 0.332 e. The molecule has 0 atom stereocenters. The summed E-state index contributed by atoms with van der Waals surface area (Å²) in [6.07, 6.45) is 1.26. The number of carbonyl (C=O) groups excluding carboxylic acids is 1. The third-order valence-corrected chi connectivity index (χ3v) is 6.43.